The molecule has 0 aromatic rings. The highest BCUT2D eigenvalue weighted by Crippen LogP contribution is 2.26. The lowest BCUT2D eigenvalue weighted by Gasteiger charge is -2.49. The molecule has 0 aromatic heterocycles. The van der Waals surface area contributed by atoms with Crippen molar-refractivity contribution in [1.82, 2.24) is 4.90 Å². The summed E-state index contributed by atoms with van der Waals surface area (Å²) in [4.78, 5) is 2.05. The van der Waals surface area contributed by atoms with Crippen molar-refractivity contribution in [3.63, 3.8) is 0 Å². The van der Waals surface area contributed by atoms with Gasteiger partial charge in [0.05, 0.1) is 6.10 Å². The molecule has 0 aromatic carbocycles. The Balaban J connectivity index is 2.50. The summed E-state index contributed by atoms with van der Waals surface area (Å²) >= 11 is -2.02. The zero-order chi connectivity index (χ0) is 10.1. The largest absolute Gasteiger partial charge is 0.772 e. The molecule has 1 aliphatic heterocycles. The lowest BCUT2D eigenvalue weighted by Crippen LogP contribution is -2.65. The van der Waals surface area contributed by atoms with Crippen LogP contribution in [0.4, 0.5) is 0 Å². The first-order chi connectivity index (χ1) is 5.93. The van der Waals surface area contributed by atoms with Gasteiger partial charge >= 0.3 is 0 Å². The standard InChI is InChI=1S/C8H17NO3S/c1-7(2)12-8(6-13(10)11)4-9(3)5-8/h7H,4-6H2,1-3H3,(H,10,11)/p-1. The van der Waals surface area contributed by atoms with E-state index < -0.39 is 16.7 Å². The van der Waals surface area contributed by atoms with Gasteiger partial charge < -0.3 is 14.2 Å². The summed E-state index contributed by atoms with van der Waals surface area (Å²) in [5.74, 6) is 0.107. The van der Waals surface area contributed by atoms with E-state index in [2.05, 4.69) is 4.90 Å². The first-order valence-corrected chi connectivity index (χ1v) is 5.60. The van der Waals surface area contributed by atoms with Crippen LogP contribution < -0.4 is 0 Å². The third-order valence-corrected chi connectivity index (χ3v) is 2.74. The number of likely N-dealkylation sites (N-methyl/N-ethyl adjacent to an activating group) is 1. The molecule has 1 atom stereocenters. The zero-order valence-electron chi connectivity index (χ0n) is 8.28. The van der Waals surface area contributed by atoms with E-state index in [1.54, 1.807) is 0 Å². The Morgan fingerprint density at radius 1 is 1.62 bits per heavy atom. The van der Waals surface area contributed by atoms with Crippen LogP contribution in [0.5, 0.6) is 0 Å². The lowest BCUT2D eigenvalue weighted by atomic mass is 9.97. The maximum atomic E-state index is 10.6. The van der Waals surface area contributed by atoms with Crippen LogP contribution in [0, 0.1) is 0 Å². The maximum Gasteiger partial charge on any atom is 0.104 e. The van der Waals surface area contributed by atoms with E-state index in [-0.39, 0.29) is 11.9 Å². The third-order valence-electron chi connectivity index (χ3n) is 1.98. The number of hydrogen-bond acceptors (Lipinski definition) is 4. The summed E-state index contributed by atoms with van der Waals surface area (Å²) in [6.07, 6.45) is 0.0808. The summed E-state index contributed by atoms with van der Waals surface area (Å²) in [5.41, 5.74) is -0.449. The van der Waals surface area contributed by atoms with Crippen LogP contribution in [0.3, 0.4) is 0 Å². The van der Waals surface area contributed by atoms with Crippen LogP contribution in [-0.2, 0) is 15.8 Å². The molecule has 78 valence electrons. The van der Waals surface area contributed by atoms with Crippen molar-refractivity contribution in [2.24, 2.45) is 0 Å². The van der Waals surface area contributed by atoms with Crippen LogP contribution in [-0.4, -0.2) is 51.3 Å². The van der Waals surface area contributed by atoms with Crippen molar-refractivity contribution in [2.45, 2.75) is 25.6 Å². The monoisotopic (exact) mass is 206 g/mol. The van der Waals surface area contributed by atoms with Gasteiger partial charge in [0.1, 0.15) is 5.60 Å². The topological polar surface area (TPSA) is 52.6 Å². The third kappa shape index (κ3) is 3.02. The van der Waals surface area contributed by atoms with Gasteiger partial charge in [-0.05, 0) is 20.9 Å². The second-order valence-corrected chi connectivity index (χ2v) is 4.87. The van der Waals surface area contributed by atoms with E-state index in [0.717, 1.165) is 0 Å². The molecule has 0 bridgehead atoms. The van der Waals surface area contributed by atoms with Crippen molar-refractivity contribution < 1.29 is 13.5 Å². The average molecular weight is 206 g/mol. The van der Waals surface area contributed by atoms with Crippen molar-refractivity contribution >= 4 is 11.1 Å². The second-order valence-electron chi connectivity index (χ2n) is 3.97. The molecule has 13 heavy (non-hydrogen) atoms. The SMILES string of the molecule is CC(C)OC1(CS(=O)[O-])CN(C)C1. The smallest absolute Gasteiger partial charge is 0.104 e. The fourth-order valence-electron chi connectivity index (χ4n) is 1.85. The predicted molar refractivity (Wildman–Crippen MR) is 50.2 cm³/mol. The van der Waals surface area contributed by atoms with Gasteiger partial charge in [0, 0.05) is 18.8 Å². The Bertz CT molecular complexity index is 202. The van der Waals surface area contributed by atoms with Crippen LogP contribution in [0.1, 0.15) is 13.8 Å². The highest BCUT2D eigenvalue weighted by Gasteiger charge is 2.42. The van der Waals surface area contributed by atoms with E-state index in [0.29, 0.717) is 13.1 Å². The first kappa shape index (κ1) is 11.1. The molecule has 1 fully saturated rings. The van der Waals surface area contributed by atoms with E-state index in [9.17, 15) is 8.76 Å². The van der Waals surface area contributed by atoms with Gasteiger partial charge in [-0.2, -0.15) is 0 Å². The number of hydrogen-bond donors (Lipinski definition) is 0. The van der Waals surface area contributed by atoms with E-state index >= 15 is 0 Å². The first-order valence-electron chi connectivity index (χ1n) is 4.36. The molecular weight excluding hydrogens is 190 g/mol. The molecule has 0 N–H and O–H groups in total. The van der Waals surface area contributed by atoms with E-state index in [1.165, 1.54) is 0 Å². The van der Waals surface area contributed by atoms with Gasteiger partial charge in [-0.25, -0.2) is 0 Å². The molecule has 1 aliphatic rings. The summed E-state index contributed by atoms with van der Waals surface area (Å²) in [6, 6.07) is 0. The van der Waals surface area contributed by atoms with Crippen molar-refractivity contribution in [3.8, 4) is 0 Å². The summed E-state index contributed by atoms with van der Waals surface area (Å²) in [6.45, 7) is 5.26. The Kier molecular flexibility index (Phi) is 3.45. The number of rotatable bonds is 4. The Morgan fingerprint density at radius 3 is 2.46 bits per heavy atom. The summed E-state index contributed by atoms with van der Waals surface area (Å²) < 4.78 is 26.8. The minimum Gasteiger partial charge on any atom is -0.772 e. The minimum absolute atomic E-state index is 0.0808. The molecule has 0 aliphatic carbocycles. The fourth-order valence-corrected chi connectivity index (χ4v) is 2.53. The molecule has 4 nitrogen and oxygen atoms in total. The normalized spacial score (nSPS) is 24.4. The van der Waals surface area contributed by atoms with Crippen molar-refractivity contribution in [3.05, 3.63) is 0 Å². The maximum absolute atomic E-state index is 10.6. The van der Waals surface area contributed by atoms with Crippen molar-refractivity contribution in [2.75, 3.05) is 25.9 Å². The number of nitrogens with zero attached hydrogens (tertiary/aromatic N) is 1. The average Bonchev–Trinajstić information content (AvgIpc) is 1.79. The quantitative estimate of drug-likeness (QED) is 0.606. The molecule has 0 saturated carbocycles. The van der Waals surface area contributed by atoms with Gasteiger partial charge in [0.2, 0.25) is 0 Å². The predicted octanol–water partition coefficient (Wildman–Crippen LogP) is -0.0253. The van der Waals surface area contributed by atoms with Gasteiger partial charge in [-0.3, -0.25) is 4.21 Å². The highest BCUT2D eigenvalue weighted by molar-refractivity contribution is 7.79. The van der Waals surface area contributed by atoms with Crippen LogP contribution >= 0.6 is 0 Å². The Labute approximate surface area is 81.5 Å². The molecule has 5 heteroatoms. The molecule has 0 radical (unpaired) electrons. The van der Waals surface area contributed by atoms with E-state index in [1.807, 2.05) is 20.9 Å². The number of ether oxygens (including phenoxy) is 1. The zero-order valence-corrected chi connectivity index (χ0v) is 9.10. The molecule has 1 unspecified atom stereocenters. The Hall–Kier alpha value is 0.0300. The molecule has 1 saturated heterocycles. The van der Waals surface area contributed by atoms with Crippen LogP contribution in [0.15, 0.2) is 0 Å². The Morgan fingerprint density at radius 2 is 2.15 bits per heavy atom. The van der Waals surface area contributed by atoms with Crippen molar-refractivity contribution in [1.29, 1.82) is 0 Å². The summed E-state index contributed by atoms with van der Waals surface area (Å²) in [7, 11) is 1.95. The van der Waals surface area contributed by atoms with Gasteiger partial charge in [-0.15, -0.1) is 0 Å². The molecule has 1 heterocycles. The molecule has 0 spiro atoms. The lowest BCUT2D eigenvalue weighted by molar-refractivity contribution is -0.144. The van der Waals surface area contributed by atoms with E-state index in [4.69, 9.17) is 4.74 Å². The minimum atomic E-state index is -2.02. The van der Waals surface area contributed by atoms with Gasteiger partial charge in [0.25, 0.3) is 0 Å². The van der Waals surface area contributed by atoms with Crippen LogP contribution in [0.2, 0.25) is 0 Å². The molecular formula is C8H16NO3S-. The highest BCUT2D eigenvalue weighted by atomic mass is 32.2. The molecule has 1 rings (SSSR count). The fraction of sp³-hybridized carbons (Fsp3) is 1.00. The number of likely N-dealkylation sites (tertiary alicyclic amines) is 1. The van der Waals surface area contributed by atoms with Gasteiger partial charge in [-0.1, -0.05) is 11.1 Å². The molecule has 0 amide bonds. The van der Waals surface area contributed by atoms with Crippen LogP contribution in [0.25, 0.3) is 0 Å². The van der Waals surface area contributed by atoms with Gasteiger partial charge in [0.15, 0.2) is 0 Å². The summed E-state index contributed by atoms with van der Waals surface area (Å²) in [5, 5.41) is 0. The second kappa shape index (κ2) is 4.04.